The van der Waals surface area contributed by atoms with Crippen LogP contribution in [-0.4, -0.2) is 22.5 Å². The number of nitrogens with two attached hydrogens (primary N) is 1. The van der Waals surface area contributed by atoms with Gasteiger partial charge in [-0.25, -0.2) is 0 Å². The predicted octanol–water partition coefficient (Wildman–Crippen LogP) is 2.28. The van der Waals surface area contributed by atoms with Crippen molar-refractivity contribution in [2.45, 2.75) is 38.3 Å². The van der Waals surface area contributed by atoms with Gasteiger partial charge >= 0.3 is 0 Å². The van der Waals surface area contributed by atoms with Crippen LogP contribution >= 0.6 is 11.6 Å². The quantitative estimate of drug-likeness (QED) is 0.881. The normalized spacial score (nSPS) is 25.6. The van der Waals surface area contributed by atoms with Gasteiger partial charge in [-0.3, -0.25) is 4.68 Å². The second-order valence-corrected chi connectivity index (χ2v) is 5.17. The summed E-state index contributed by atoms with van der Waals surface area (Å²) in [4.78, 5) is 0. The first-order chi connectivity index (χ1) is 8.11. The molecule has 2 N–H and O–H groups in total. The number of nitrogens with zero attached hydrogens (tertiary/aromatic N) is 2. The van der Waals surface area contributed by atoms with Gasteiger partial charge in [0, 0.05) is 19.7 Å². The SMILES string of the molecule is CCOC1CC(CC(N)c2c(Cl)cnn2C)C1. The lowest BCUT2D eigenvalue weighted by atomic mass is 9.78. The Kier molecular flexibility index (Phi) is 4.07. The summed E-state index contributed by atoms with van der Waals surface area (Å²) in [5.41, 5.74) is 7.12. The van der Waals surface area contributed by atoms with E-state index in [-0.39, 0.29) is 6.04 Å². The molecule has 0 bridgehead atoms. The third kappa shape index (κ3) is 2.81. The zero-order valence-electron chi connectivity index (χ0n) is 10.4. The van der Waals surface area contributed by atoms with E-state index in [9.17, 15) is 0 Å². The van der Waals surface area contributed by atoms with E-state index in [1.807, 2.05) is 14.0 Å². The lowest BCUT2D eigenvalue weighted by Crippen LogP contribution is -2.33. The van der Waals surface area contributed by atoms with Crippen LogP contribution in [0.2, 0.25) is 5.02 Å². The Labute approximate surface area is 107 Å². The monoisotopic (exact) mass is 257 g/mol. The minimum Gasteiger partial charge on any atom is -0.378 e. The molecule has 1 atom stereocenters. The number of halogens is 1. The highest BCUT2D eigenvalue weighted by atomic mass is 35.5. The standard InChI is InChI=1S/C12H20ClN3O/c1-3-17-9-4-8(5-9)6-11(14)12-10(13)7-15-16(12)2/h7-9,11H,3-6,14H2,1-2H3. The highest BCUT2D eigenvalue weighted by Crippen LogP contribution is 2.37. The molecule has 1 aromatic rings. The van der Waals surface area contributed by atoms with E-state index in [1.54, 1.807) is 10.9 Å². The molecule has 17 heavy (non-hydrogen) atoms. The van der Waals surface area contributed by atoms with Crippen molar-refractivity contribution in [3.8, 4) is 0 Å². The maximum atomic E-state index is 6.18. The number of rotatable bonds is 5. The summed E-state index contributed by atoms with van der Waals surface area (Å²) in [7, 11) is 1.88. The molecule has 0 aromatic carbocycles. The van der Waals surface area contributed by atoms with Crippen LogP contribution in [0.25, 0.3) is 0 Å². The van der Waals surface area contributed by atoms with Crippen molar-refractivity contribution in [1.82, 2.24) is 9.78 Å². The van der Waals surface area contributed by atoms with Gasteiger partial charge in [0.25, 0.3) is 0 Å². The lowest BCUT2D eigenvalue weighted by Gasteiger charge is -2.36. The van der Waals surface area contributed by atoms with E-state index in [1.165, 1.54) is 0 Å². The second-order valence-electron chi connectivity index (χ2n) is 4.76. The van der Waals surface area contributed by atoms with Crippen LogP contribution in [0.4, 0.5) is 0 Å². The van der Waals surface area contributed by atoms with Gasteiger partial charge in [-0.05, 0) is 32.1 Å². The first kappa shape index (κ1) is 12.9. The molecule has 5 heteroatoms. The first-order valence-electron chi connectivity index (χ1n) is 6.16. The van der Waals surface area contributed by atoms with Crippen molar-refractivity contribution in [1.29, 1.82) is 0 Å². The Morgan fingerprint density at radius 1 is 1.65 bits per heavy atom. The maximum Gasteiger partial charge on any atom is 0.0833 e. The molecule has 1 aromatic heterocycles. The van der Waals surface area contributed by atoms with Crippen LogP contribution in [0.3, 0.4) is 0 Å². The molecule has 0 radical (unpaired) electrons. The van der Waals surface area contributed by atoms with Crippen LogP contribution in [0.1, 0.15) is 37.9 Å². The molecule has 1 heterocycles. The summed E-state index contributed by atoms with van der Waals surface area (Å²) in [6, 6.07) is -0.0254. The molecule has 0 amide bonds. The second kappa shape index (κ2) is 5.38. The number of ether oxygens (including phenoxy) is 1. The highest BCUT2D eigenvalue weighted by molar-refractivity contribution is 6.31. The van der Waals surface area contributed by atoms with E-state index in [2.05, 4.69) is 5.10 Å². The fraction of sp³-hybridized carbons (Fsp3) is 0.750. The minimum absolute atomic E-state index is 0.0254. The molecule has 0 saturated heterocycles. The van der Waals surface area contributed by atoms with Crippen LogP contribution in [0, 0.1) is 5.92 Å². The molecule has 1 aliphatic rings. The molecule has 96 valence electrons. The van der Waals surface area contributed by atoms with Crippen molar-refractivity contribution in [2.24, 2.45) is 18.7 Å². The topological polar surface area (TPSA) is 53.1 Å². The molecule has 1 aliphatic carbocycles. The summed E-state index contributed by atoms with van der Waals surface area (Å²) in [6.45, 7) is 2.84. The van der Waals surface area contributed by atoms with Gasteiger partial charge in [0.15, 0.2) is 0 Å². The number of aryl methyl sites for hydroxylation is 1. The number of hydrogen-bond acceptors (Lipinski definition) is 3. The molecule has 1 unspecified atom stereocenters. The summed E-state index contributed by atoms with van der Waals surface area (Å²) in [6.07, 6.45) is 5.30. The molecule has 0 spiro atoms. The lowest BCUT2D eigenvalue weighted by molar-refractivity contribution is -0.0283. The minimum atomic E-state index is -0.0254. The zero-order valence-corrected chi connectivity index (χ0v) is 11.2. The smallest absolute Gasteiger partial charge is 0.0833 e. The van der Waals surface area contributed by atoms with Crippen LogP contribution in [0.15, 0.2) is 6.20 Å². The van der Waals surface area contributed by atoms with Crippen molar-refractivity contribution < 1.29 is 4.74 Å². The van der Waals surface area contributed by atoms with E-state index in [4.69, 9.17) is 22.1 Å². The van der Waals surface area contributed by atoms with Crippen molar-refractivity contribution in [3.63, 3.8) is 0 Å². The average molecular weight is 258 g/mol. The third-order valence-electron chi connectivity index (χ3n) is 3.47. The third-order valence-corrected chi connectivity index (χ3v) is 3.76. The van der Waals surface area contributed by atoms with Crippen LogP contribution < -0.4 is 5.73 Å². The van der Waals surface area contributed by atoms with Gasteiger partial charge < -0.3 is 10.5 Å². The molecule has 4 nitrogen and oxygen atoms in total. The van der Waals surface area contributed by atoms with Crippen molar-refractivity contribution in [3.05, 3.63) is 16.9 Å². The molecule has 2 rings (SSSR count). The summed E-state index contributed by atoms with van der Waals surface area (Å²) < 4.78 is 7.31. The number of hydrogen-bond donors (Lipinski definition) is 1. The summed E-state index contributed by atoms with van der Waals surface area (Å²) in [5, 5.41) is 4.78. The summed E-state index contributed by atoms with van der Waals surface area (Å²) in [5.74, 6) is 0.660. The number of aromatic nitrogens is 2. The molecule has 1 fully saturated rings. The summed E-state index contributed by atoms with van der Waals surface area (Å²) >= 11 is 6.07. The van der Waals surface area contributed by atoms with E-state index >= 15 is 0 Å². The highest BCUT2D eigenvalue weighted by Gasteiger charge is 2.31. The molecular formula is C12H20ClN3O. The van der Waals surface area contributed by atoms with Gasteiger partial charge in [0.1, 0.15) is 0 Å². The molecular weight excluding hydrogens is 238 g/mol. The van der Waals surface area contributed by atoms with E-state index in [0.29, 0.717) is 17.0 Å². The first-order valence-corrected chi connectivity index (χ1v) is 6.54. The zero-order chi connectivity index (χ0) is 12.4. The predicted molar refractivity (Wildman–Crippen MR) is 67.9 cm³/mol. The van der Waals surface area contributed by atoms with Gasteiger partial charge in [-0.15, -0.1) is 0 Å². The van der Waals surface area contributed by atoms with E-state index in [0.717, 1.165) is 31.6 Å². The van der Waals surface area contributed by atoms with E-state index < -0.39 is 0 Å². The van der Waals surface area contributed by atoms with Crippen molar-refractivity contribution >= 4 is 11.6 Å². The Morgan fingerprint density at radius 2 is 2.35 bits per heavy atom. The van der Waals surface area contributed by atoms with Crippen LogP contribution in [-0.2, 0) is 11.8 Å². The average Bonchev–Trinajstić information content (AvgIpc) is 2.55. The maximum absolute atomic E-state index is 6.18. The van der Waals surface area contributed by atoms with Crippen LogP contribution in [0.5, 0.6) is 0 Å². The Hall–Kier alpha value is -0.580. The Balaban J connectivity index is 1.85. The molecule has 0 aliphatic heterocycles. The Morgan fingerprint density at radius 3 is 2.88 bits per heavy atom. The van der Waals surface area contributed by atoms with Gasteiger partial charge in [-0.2, -0.15) is 5.10 Å². The fourth-order valence-electron chi connectivity index (χ4n) is 2.55. The van der Waals surface area contributed by atoms with Gasteiger partial charge in [0.05, 0.1) is 23.0 Å². The largest absolute Gasteiger partial charge is 0.378 e. The van der Waals surface area contributed by atoms with Gasteiger partial charge in [-0.1, -0.05) is 11.6 Å². The fourth-order valence-corrected chi connectivity index (χ4v) is 2.85. The Bertz CT molecular complexity index is 354. The molecule has 1 saturated carbocycles. The van der Waals surface area contributed by atoms with Crippen molar-refractivity contribution in [2.75, 3.05) is 6.61 Å². The van der Waals surface area contributed by atoms with Gasteiger partial charge in [0.2, 0.25) is 0 Å².